The van der Waals surface area contributed by atoms with Crippen LogP contribution >= 0.6 is 24.0 Å². The molecule has 0 bridgehead atoms. The number of nitrogens with one attached hydrogen (secondary N) is 2. The van der Waals surface area contributed by atoms with Gasteiger partial charge in [-0.15, -0.1) is 24.0 Å². The van der Waals surface area contributed by atoms with E-state index in [1.165, 1.54) is 42.6 Å². The zero-order chi connectivity index (χ0) is 15.9. The van der Waals surface area contributed by atoms with Gasteiger partial charge in [0.25, 0.3) is 0 Å². The van der Waals surface area contributed by atoms with Crippen LogP contribution in [0.1, 0.15) is 63.4 Å². The molecule has 1 aliphatic rings. The lowest BCUT2D eigenvalue weighted by Crippen LogP contribution is -2.42. The monoisotopic (exact) mass is 433 g/mol. The maximum Gasteiger partial charge on any atom is 0.191 e. The molecule has 0 aliphatic heterocycles. The second-order valence-corrected chi connectivity index (χ2v) is 6.02. The molecule has 0 atom stereocenters. The average Bonchev–Trinajstić information content (AvgIpc) is 3.12. The van der Waals surface area contributed by atoms with Crippen molar-refractivity contribution in [3.63, 3.8) is 0 Å². The standard InChI is InChI=1S/C17H31N5.HI/c1-5-15-14(16(6-2)22(4)21-15)12-19-17(18-7-3)20-13-10-8-9-11-13;/h13H,5-12H2,1-4H3,(H2,18,19,20);1H. The molecule has 0 saturated heterocycles. The number of hydrogen-bond donors (Lipinski definition) is 2. The van der Waals surface area contributed by atoms with Gasteiger partial charge in [0, 0.05) is 30.9 Å². The molecule has 6 heteroatoms. The molecule has 2 N–H and O–H groups in total. The van der Waals surface area contributed by atoms with E-state index in [0.717, 1.165) is 25.3 Å². The number of rotatable bonds is 6. The van der Waals surface area contributed by atoms with Crippen molar-refractivity contribution < 1.29 is 0 Å². The third-order valence-electron chi connectivity index (χ3n) is 4.46. The van der Waals surface area contributed by atoms with Crippen LogP contribution in [0, 0.1) is 0 Å². The quantitative estimate of drug-likeness (QED) is 0.412. The van der Waals surface area contributed by atoms with Crippen LogP contribution < -0.4 is 10.6 Å². The van der Waals surface area contributed by atoms with Crippen LogP contribution in [0.3, 0.4) is 0 Å². The molecule has 1 heterocycles. The van der Waals surface area contributed by atoms with Crippen molar-refractivity contribution in [3.8, 4) is 0 Å². The van der Waals surface area contributed by atoms with Crippen molar-refractivity contribution in [2.75, 3.05) is 6.54 Å². The maximum atomic E-state index is 4.82. The lowest BCUT2D eigenvalue weighted by atomic mass is 10.1. The number of aryl methyl sites for hydroxylation is 2. The number of aliphatic imine (C=N–C) groups is 1. The van der Waals surface area contributed by atoms with Crippen molar-refractivity contribution in [1.82, 2.24) is 20.4 Å². The van der Waals surface area contributed by atoms with Gasteiger partial charge in [-0.2, -0.15) is 5.10 Å². The fourth-order valence-corrected chi connectivity index (χ4v) is 3.31. The Morgan fingerprint density at radius 2 is 1.91 bits per heavy atom. The molecule has 0 spiro atoms. The van der Waals surface area contributed by atoms with E-state index < -0.39 is 0 Å². The number of hydrogen-bond acceptors (Lipinski definition) is 2. The van der Waals surface area contributed by atoms with Crippen LogP contribution in [0.5, 0.6) is 0 Å². The largest absolute Gasteiger partial charge is 0.357 e. The molecule has 1 aliphatic carbocycles. The molecule has 0 unspecified atom stereocenters. The van der Waals surface area contributed by atoms with Crippen LogP contribution in [0.25, 0.3) is 0 Å². The Bertz CT molecular complexity index is 503. The second kappa shape index (κ2) is 10.2. The summed E-state index contributed by atoms with van der Waals surface area (Å²) >= 11 is 0. The van der Waals surface area contributed by atoms with Gasteiger partial charge in [0.15, 0.2) is 5.96 Å². The molecule has 2 rings (SSSR count). The summed E-state index contributed by atoms with van der Waals surface area (Å²) in [6.45, 7) is 8.07. The van der Waals surface area contributed by atoms with E-state index >= 15 is 0 Å². The van der Waals surface area contributed by atoms with Crippen LogP contribution in [0.15, 0.2) is 4.99 Å². The highest BCUT2D eigenvalue weighted by molar-refractivity contribution is 14.0. The number of halogens is 1. The predicted molar refractivity (Wildman–Crippen MR) is 108 cm³/mol. The summed E-state index contributed by atoms with van der Waals surface area (Å²) in [5.41, 5.74) is 3.79. The summed E-state index contributed by atoms with van der Waals surface area (Å²) in [5, 5.41) is 11.6. The van der Waals surface area contributed by atoms with Crippen LogP contribution in [0.4, 0.5) is 0 Å². The lowest BCUT2D eigenvalue weighted by Gasteiger charge is -2.16. The molecule has 132 valence electrons. The molecule has 0 radical (unpaired) electrons. The van der Waals surface area contributed by atoms with Crippen molar-refractivity contribution in [3.05, 3.63) is 17.0 Å². The van der Waals surface area contributed by atoms with Gasteiger partial charge in [-0.25, -0.2) is 4.99 Å². The molecular weight excluding hydrogens is 401 g/mol. The van der Waals surface area contributed by atoms with E-state index in [9.17, 15) is 0 Å². The molecule has 1 aromatic heterocycles. The molecule has 1 saturated carbocycles. The molecular formula is C17H32IN5. The minimum atomic E-state index is 0. The second-order valence-electron chi connectivity index (χ2n) is 6.02. The summed E-state index contributed by atoms with van der Waals surface area (Å²) in [6.07, 6.45) is 7.15. The van der Waals surface area contributed by atoms with E-state index in [-0.39, 0.29) is 24.0 Å². The minimum absolute atomic E-state index is 0. The zero-order valence-corrected chi connectivity index (χ0v) is 17.3. The van der Waals surface area contributed by atoms with Gasteiger partial charge in [0.2, 0.25) is 0 Å². The molecule has 23 heavy (non-hydrogen) atoms. The number of aromatic nitrogens is 2. The number of guanidine groups is 1. The summed E-state index contributed by atoms with van der Waals surface area (Å²) in [4.78, 5) is 4.82. The van der Waals surface area contributed by atoms with E-state index in [1.807, 2.05) is 11.7 Å². The molecule has 0 aromatic carbocycles. The van der Waals surface area contributed by atoms with Gasteiger partial charge in [0.05, 0.1) is 12.2 Å². The lowest BCUT2D eigenvalue weighted by molar-refractivity contribution is 0.613. The van der Waals surface area contributed by atoms with Gasteiger partial charge < -0.3 is 10.6 Å². The van der Waals surface area contributed by atoms with Gasteiger partial charge in [0.1, 0.15) is 0 Å². The molecule has 5 nitrogen and oxygen atoms in total. The van der Waals surface area contributed by atoms with Gasteiger partial charge in [-0.1, -0.05) is 26.7 Å². The Balaban J connectivity index is 0.00000264. The Labute approximate surface area is 157 Å². The zero-order valence-electron chi connectivity index (χ0n) is 15.0. The summed E-state index contributed by atoms with van der Waals surface area (Å²) < 4.78 is 2.01. The van der Waals surface area contributed by atoms with Gasteiger partial charge >= 0.3 is 0 Å². The van der Waals surface area contributed by atoms with Crippen LogP contribution in [-0.4, -0.2) is 28.3 Å². The normalized spacial score (nSPS) is 15.6. The van der Waals surface area contributed by atoms with E-state index in [4.69, 9.17) is 4.99 Å². The van der Waals surface area contributed by atoms with E-state index in [2.05, 4.69) is 36.5 Å². The van der Waals surface area contributed by atoms with Crippen molar-refractivity contribution in [1.29, 1.82) is 0 Å². The highest BCUT2D eigenvalue weighted by atomic mass is 127. The van der Waals surface area contributed by atoms with Crippen molar-refractivity contribution in [2.45, 2.75) is 71.9 Å². The van der Waals surface area contributed by atoms with E-state index in [0.29, 0.717) is 12.6 Å². The Kier molecular flexibility index (Phi) is 8.94. The first-order valence-corrected chi connectivity index (χ1v) is 8.77. The average molecular weight is 433 g/mol. The predicted octanol–water partition coefficient (Wildman–Crippen LogP) is 3.16. The smallest absolute Gasteiger partial charge is 0.191 e. The van der Waals surface area contributed by atoms with Crippen molar-refractivity contribution in [2.24, 2.45) is 12.0 Å². The highest BCUT2D eigenvalue weighted by Crippen LogP contribution is 2.18. The Morgan fingerprint density at radius 3 is 2.48 bits per heavy atom. The van der Waals surface area contributed by atoms with Crippen LogP contribution in [-0.2, 0) is 26.4 Å². The molecule has 1 fully saturated rings. The van der Waals surface area contributed by atoms with E-state index in [1.54, 1.807) is 0 Å². The minimum Gasteiger partial charge on any atom is -0.357 e. The van der Waals surface area contributed by atoms with Crippen molar-refractivity contribution >= 4 is 29.9 Å². The SMILES string of the molecule is CCNC(=NCc1c(CC)nn(C)c1CC)NC1CCCC1.I. The summed E-state index contributed by atoms with van der Waals surface area (Å²) in [5.74, 6) is 0.947. The van der Waals surface area contributed by atoms with Crippen LogP contribution in [0.2, 0.25) is 0 Å². The summed E-state index contributed by atoms with van der Waals surface area (Å²) in [7, 11) is 2.03. The Hall–Kier alpha value is -0.790. The first kappa shape index (κ1) is 20.3. The Morgan fingerprint density at radius 1 is 1.22 bits per heavy atom. The first-order chi connectivity index (χ1) is 10.7. The van der Waals surface area contributed by atoms with Gasteiger partial charge in [-0.05, 0) is 32.6 Å². The fourth-order valence-electron chi connectivity index (χ4n) is 3.31. The number of nitrogens with zero attached hydrogens (tertiary/aromatic N) is 3. The third-order valence-corrected chi connectivity index (χ3v) is 4.46. The highest BCUT2D eigenvalue weighted by Gasteiger charge is 2.17. The third kappa shape index (κ3) is 5.36. The first-order valence-electron chi connectivity index (χ1n) is 8.77. The summed E-state index contributed by atoms with van der Waals surface area (Å²) in [6, 6.07) is 0.586. The topological polar surface area (TPSA) is 54.2 Å². The fraction of sp³-hybridized carbons (Fsp3) is 0.765. The molecule has 0 amide bonds. The maximum absolute atomic E-state index is 4.82. The molecule has 1 aromatic rings. The van der Waals surface area contributed by atoms with Gasteiger partial charge in [-0.3, -0.25) is 4.68 Å².